The molecule has 1 fully saturated rings. The lowest BCUT2D eigenvalue weighted by molar-refractivity contribution is 0.208. The van der Waals surface area contributed by atoms with E-state index in [4.69, 9.17) is 4.98 Å². The summed E-state index contributed by atoms with van der Waals surface area (Å²) in [7, 11) is 0. The number of carbonyl (C=O) groups is 1. The zero-order valence-electron chi connectivity index (χ0n) is 16.3. The summed E-state index contributed by atoms with van der Waals surface area (Å²) in [5, 5.41) is 2.98. The maximum absolute atomic E-state index is 12.6. The molecule has 0 spiro atoms. The Kier molecular flexibility index (Phi) is 5.99. The van der Waals surface area contributed by atoms with E-state index in [2.05, 4.69) is 45.0 Å². The highest BCUT2D eigenvalue weighted by molar-refractivity contribution is 9.10. The number of halogens is 1. The number of nitrogens with zero attached hydrogens (tertiary/aromatic N) is 4. The van der Waals surface area contributed by atoms with Gasteiger partial charge in [-0.05, 0) is 31.5 Å². The fourth-order valence-corrected chi connectivity index (χ4v) is 3.39. The molecule has 3 rings (SSSR count). The molecular formula is C20H26BrN5O. The SMILES string of the molecule is Cc1cc(N2CCN(C(=O)Nc3ccc(C)c(Br)c3)CC2)nc(C(C)C)n1. The van der Waals surface area contributed by atoms with Crippen molar-refractivity contribution in [1.29, 1.82) is 0 Å². The number of amides is 2. The van der Waals surface area contributed by atoms with Gasteiger partial charge < -0.3 is 15.1 Å². The molecule has 0 saturated carbocycles. The summed E-state index contributed by atoms with van der Waals surface area (Å²) in [5.41, 5.74) is 2.92. The van der Waals surface area contributed by atoms with Crippen LogP contribution in [0, 0.1) is 13.8 Å². The number of urea groups is 1. The van der Waals surface area contributed by atoms with Crippen LogP contribution in [0.4, 0.5) is 16.3 Å². The van der Waals surface area contributed by atoms with E-state index in [9.17, 15) is 4.79 Å². The smallest absolute Gasteiger partial charge is 0.321 e. The first kappa shape index (κ1) is 19.6. The van der Waals surface area contributed by atoms with Crippen LogP contribution in [0.2, 0.25) is 0 Å². The lowest BCUT2D eigenvalue weighted by atomic mass is 10.2. The van der Waals surface area contributed by atoms with Crippen LogP contribution in [0.3, 0.4) is 0 Å². The molecule has 1 saturated heterocycles. The van der Waals surface area contributed by atoms with Crippen molar-refractivity contribution >= 4 is 33.5 Å². The summed E-state index contributed by atoms with van der Waals surface area (Å²) >= 11 is 3.50. The Hall–Kier alpha value is -2.15. The molecule has 6 nitrogen and oxygen atoms in total. The highest BCUT2D eigenvalue weighted by Gasteiger charge is 2.23. The molecule has 27 heavy (non-hydrogen) atoms. The van der Waals surface area contributed by atoms with E-state index in [-0.39, 0.29) is 6.03 Å². The summed E-state index contributed by atoms with van der Waals surface area (Å²) in [6.07, 6.45) is 0. The number of carbonyl (C=O) groups excluding carboxylic acids is 1. The molecule has 2 amide bonds. The fourth-order valence-electron chi connectivity index (χ4n) is 3.01. The van der Waals surface area contributed by atoms with Crippen LogP contribution >= 0.6 is 15.9 Å². The molecule has 2 heterocycles. The molecule has 1 aromatic carbocycles. The van der Waals surface area contributed by atoms with Crippen LogP contribution in [0.1, 0.15) is 36.8 Å². The third kappa shape index (κ3) is 4.77. The van der Waals surface area contributed by atoms with Crippen molar-refractivity contribution in [2.45, 2.75) is 33.6 Å². The van der Waals surface area contributed by atoms with Gasteiger partial charge in [-0.1, -0.05) is 35.8 Å². The summed E-state index contributed by atoms with van der Waals surface area (Å²) < 4.78 is 0.991. The van der Waals surface area contributed by atoms with E-state index in [1.165, 1.54) is 0 Å². The second-order valence-corrected chi connectivity index (χ2v) is 8.10. The fraction of sp³-hybridized carbons (Fsp3) is 0.450. The first-order valence-electron chi connectivity index (χ1n) is 9.26. The van der Waals surface area contributed by atoms with E-state index in [1.807, 2.05) is 43.0 Å². The van der Waals surface area contributed by atoms with Crippen molar-refractivity contribution in [1.82, 2.24) is 14.9 Å². The standard InChI is InChI=1S/C20H26BrN5O/c1-13(2)19-22-15(4)11-18(24-19)25-7-9-26(10-8-25)20(27)23-16-6-5-14(3)17(21)12-16/h5-6,11-13H,7-10H2,1-4H3,(H,23,27). The maximum Gasteiger partial charge on any atom is 0.321 e. The first-order valence-corrected chi connectivity index (χ1v) is 10.1. The minimum Gasteiger partial charge on any atom is -0.353 e. The van der Waals surface area contributed by atoms with Gasteiger partial charge in [-0.3, -0.25) is 0 Å². The number of piperazine rings is 1. The Morgan fingerprint density at radius 2 is 1.81 bits per heavy atom. The van der Waals surface area contributed by atoms with Crippen molar-refractivity contribution in [3.8, 4) is 0 Å². The first-order chi connectivity index (χ1) is 12.8. The predicted octanol–water partition coefficient (Wildman–Crippen LogP) is 4.33. The Labute approximate surface area is 169 Å². The monoisotopic (exact) mass is 431 g/mol. The van der Waals surface area contributed by atoms with Crippen LogP contribution in [0.25, 0.3) is 0 Å². The van der Waals surface area contributed by atoms with E-state index < -0.39 is 0 Å². The Balaban J connectivity index is 1.61. The average molecular weight is 432 g/mol. The maximum atomic E-state index is 12.6. The van der Waals surface area contributed by atoms with Crippen molar-refractivity contribution in [3.05, 3.63) is 45.8 Å². The minimum atomic E-state index is -0.0628. The number of benzene rings is 1. The van der Waals surface area contributed by atoms with Gasteiger partial charge in [-0.25, -0.2) is 14.8 Å². The van der Waals surface area contributed by atoms with Gasteiger partial charge in [0, 0.05) is 54.0 Å². The van der Waals surface area contributed by atoms with E-state index in [1.54, 1.807) is 0 Å². The van der Waals surface area contributed by atoms with E-state index in [0.29, 0.717) is 19.0 Å². The van der Waals surface area contributed by atoms with E-state index >= 15 is 0 Å². The molecular weight excluding hydrogens is 406 g/mol. The summed E-state index contributed by atoms with van der Waals surface area (Å²) in [6, 6.07) is 7.80. The van der Waals surface area contributed by atoms with Crippen LogP contribution in [0.15, 0.2) is 28.7 Å². The summed E-state index contributed by atoms with van der Waals surface area (Å²) in [5.74, 6) is 2.12. The Morgan fingerprint density at radius 3 is 2.44 bits per heavy atom. The van der Waals surface area contributed by atoms with Crippen LogP contribution in [-0.4, -0.2) is 47.1 Å². The normalized spacial score (nSPS) is 14.6. The van der Waals surface area contributed by atoms with Gasteiger partial charge in [0.05, 0.1) is 0 Å². The van der Waals surface area contributed by atoms with Crippen molar-refractivity contribution in [2.24, 2.45) is 0 Å². The molecule has 0 aliphatic carbocycles. The van der Waals surface area contributed by atoms with E-state index in [0.717, 1.165) is 46.1 Å². The Morgan fingerprint density at radius 1 is 1.11 bits per heavy atom. The second-order valence-electron chi connectivity index (χ2n) is 7.25. The number of hydrogen-bond donors (Lipinski definition) is 1. The minimum absolute atomic E-state index is 0.0628. The number of rotatable bonds is 3. The van der Waals surface area contributed by atoms with Gasteiger partial charge in [0.25, 0.3) is 0 Å². The topological polar surface area (TPSA) is 61.4 Å². The van der Waals surface area contributed by atoms with Crippen LogP contribution in [0.5, 0.6) is 0 Å². The molecule has 1 N–H and O–H groups in total. The molecule has 0 radical (unpaired) electrons. The molecule has 144 valence electrons. The molecule has 1 aliphatic heterocycles. The van der Waals surface area contributed by atoms with Gasteiger partial charge in [0.15, 0.2) is 0 Å². The summed E-state index contributed by atoms with van der Waals surface area (Å²) in [4.78, 5) is 25.9. The third-order valence-electron chi connectivity index (χ3n) is 4.69. The quantitative estimate of drug-likeness (QED) is 0.784. The average Bonchev–Trinajstić information content (AvgIpc) is 2.64. The molecule has 0 bridgehead atoms. The summed E-state index contributed by atoms with van der Waals surface area (Å²) in [6.45, 7) is 11.1. The van der Waals surface area contributed by atoms with Crippen molar-refractivity contribution in [2.75, 3.05) is 36.4 Å². The molecule has 7 heteroatoms. The highest BCUT2D eigenvalue weighted by Crippen LogP contribution is 2.22. The number of aryl methyl sites for hydroxylation is 2. The zero-order valence-corrected chi connectivity index (χ0v) is 17.9. The molecule has 1 aliphatic rings. The van der Waals surface area contributed by atoms with Crippen molar-refractivity contribution in [3.63, 3.8) is 0 Å². The molecule has 2 aromatic rings. The van der Waals surface area contributed by atoms with Crippen LogP contribution < -0.4 is 10.2 Å². The van der Waals surface area contributed by atoms with Gasteiger partial charge in [0.2, 0.25) is 0 Å². The van der Waals surface area contributed by atoms with Crippen molar-refractivity contribution < 1.29 is 4.79 Å². The number of aromatic nitrogens is 2. The lowest BCUT2D eigenvalue weighted by Gasteiger charge is -2.35. The molecule has 0 unspecified atom stereocenters. The van der Waals surface area contributed by atoms with Gasteiger partial charge in [-0.15, -0.1) is 0 Å². The molecule has 1 aromatic heterocycles. The lowest BCUT2D eigenvalue weighted by Crippen LogP contribution is -2.50. The second kappa shape index (κ2) is 8.25. The van der Waals surface area contributed by atoms with Gasteiger partial charge in [-0.2, -0.15) is 0 Å². The van der Waals surface area contributed by atoms with Crippen LogP contribution in [-0.2, 0) is 0 Å². The predicted molar refractivity (Wildman–Crippen MR) is 113 cm³/mol. The molecule has 0 atom stereocenters. The number of nitrogens with one attached hydrogen (secondary N) is 1. The highest BCUT2D eigenvalue weighted by atomic mass is 79.9. The largest absolute Gasteiger partial charge is 0.353 e. The number of anilines is 2. The zero-order chi connectivity index (χ0) is 19.6. The number of hydrogen-bond acceptors (Lipinski definition) is 4. The Bertz CT molecular complexity index is 831. The van der Waals surface area contributed by atoms with Gasteiger partial charge >= 0.3 is 6.03 Å². The van der Waals surface area contributed by atoms with Gasteiger partial charge in [0.1, 0.15) is 11.6 Å². The third-order valence-corrected chi connectivity index (χ3v) is 5.54.